The van der Waals surface area contributed by atoms with Gasteiger partial charge < -0.3 is 5.73 Å². The van der Waals surface area contributed by atoms with Crippen LogP contribution in [0.2, 0.25) is 5.02 Å². The fraction of sp³-hybridized carbons (Fsp3) is 0. The highest BCUT2D eigenvalue weighted by molar-refractivity contribution is 9.10. The molecule has 2 aromatic carbocycles. The quantitative estimate of drug-likeness (QED) is 0.800. The number of nitrogen functional groups attached to an aromatic ring is 1. The summed E-state index contributed by atoms with van der Waals surface area (Å²) in [6.07, 6.45) is 0. The van der Waals surface area contributed by atoms with E-state index in [0.29, 0.717) is 10.2 Å². The standard InChI is InChI=1S/C12H9BrClFN2O2S/c13-11-6-9(16)1-2-12(11)20(18,19)17-10-4-7(14)3-8(15)5-10/h1-6,17H,16H2. The Kier molecular flexibility index (Phi) is 4.22. The first-order valence-corrected chi connectivity index (χ1v) is 7.97. The van der Waals surface area contributed by atoms with Crippen molar-refractivity contribution >= 4 is 48.9 Å². The zero-order chi connectivity index (χ0) is 14.9. The Bertz CT molecular complexity index is 748. The van der Waals surface area contributed by atoms with Crippen LogP contribution in [-0.4, -0.2) is 8.42 Å². The molecular formula is C12H9BrClFN2O2S. The van der Waals surface area contributed by atoms with E-state index in [1.165, 1.54) is 24.3 Å². The third-order valence-corrected chi connectivity index (χ3v) is 4.94. The highest BCUT2D eigenvalue weighted by Gasteiger charge is 2.18. The van der Waals surface area contributed by atoms with Crippen molar-refractivity contribution in [2.24, 2.45) is 0 Å². The summed E-state index contributed by atoms with van der Waals surface area (Å²) >= 11 is 8.80. The van der Waals surface area contributed by atoms with Crippen molar-refractivity contribution in [3.05, 3.63) is 51.7 Å². The van der Waals surface area contributed by atoms with Gasteiger partial charge in [-0.25, -0.2) is 12.8 Å². The van der Waals surface area contributed by atoms with Crippen LogP contribution in [0.4, 0.5) is 15.8 Å². The summed E-state index contributed by atoms with van der Waals surface area (Å²) in [6, 6.07) is 7.70. The summed E-state index contributed by atoms with van der Waals surface area (Å²) in [5, 5.41) is 0.0964. The predicted octanol–water partition coefficient (Wildman–Crippen LogP) is 3.62. The van der Waals surface area contributed by atoms with Gasteiger partial charge in [-0.15, -0.1) is 0 Å². The van der Waals surface area contributed by atoms with E-state index >= 15 is 0 Å². The van der Waals surface area contributed by atoms with Gasteiger partial charge >= 0.3 is 0 Å². The van der Waals surface area contributed by atoms with Crippen LogP contribution in [0.3, 0.4) is 0 Å². The van der Waals surface area contributed by atoms with Gasteiger partial charge in [0.25, 0.3) is 10.0 Å². The molecule has 2 aromatic rings. The molecule has 4 nitrogen and oxygen atoms in total. The summed E-state index contributed by atoms with van der Waals surface area (Å²) in [5.74, 6) is -0.633. The van der Waals surface area contributed by atoms with Crippen molar-refractivity contribution < 1.29 is 12.8 Å². The third kappa shape index (κ3) is 3.41. The first kappa shape index (κ1) is 15.1. The molecule has 0 atom stereocenters. The van der Waals surface area contributed by atoms with Crippen LogP contribution in [0, 0.1) is 5.82 Å². The van der Waals surface area contributed by atoms with Crippen LogP contribution >= 0.6 is 27.5 Å². The molecule has 20 heavy (non-hydrogen) atoms. The van der Waals surface area contributed by atoms with E-state index in [2.05, 4.69) is 20.7 Å². The lowest BCUT2D eigenvalue weighted by Crippen LogP contribution is -2.13. The molecule has 0 aromatic heterocycles. The molecule has 0 unspecified atom stereocenters. The summed E-state index contributed by atoms with van der Waals surface area (Å²) < 4.78 is 40.2. The Balaban J connectivity index is 2.40. The van der Waals surface area contributed by atoms with Crippen LogP contribution in [0.25, 0.3) is 0 Å². The lowest BCUT2D eigenvalue weighted by atomic mass is 10.3. The number of halogens is 3. The maximum absolute atomic E-state index is 13.2. The smallest absolute Gasteiger partial charge is 0.263 e. The van der Waals surface area contributed by atoms with E-state index < -0.39 is 15.8 Å². The van der Waals surface area contributed by atoms with Crippen molar-refractivity contribution in [3.8, 4) is 0 Å². The van der Waals surface area contributed by atoms with Gasteiger partial charge in [0, 0.05) is 15.2 Å². The molecule has 0 spiro atoms. The van der Waals surface area contributed by atoms with Gasteiger partial charge in [0.1, 0.15) is 10.7 Å². The van der Waals surface area contributed by atoms with Crippen molar-refractivity contribution in [2.75, 3.05) is 10.5 Å². The number of benzene rings is 2. The Morgan fingerprint density at radius 2 is 1.90 bits per heavy atom. The number of sulfonamides is 1. The zero-order valence-electron chi connectivity index (χ0n) is 9.90. The highest BCUT2D eigenvalue weighted by atomic mass is 79.9. The molecule has 0 fully saturated rings. The topological polar surface area (TPSA) is 72.2 Å². The molecule has 2 rings (SSSR count). The van der Waals surface area contributed by atoms with E-state index in [-0.39, 0.29) is 15.6 Å². The second kappa shape index (κ2) is 5.59. The largest absolute Gasteiger partial charge is 0.399 e. The van der Waals surface area contributed by atoms with Gasteiger partial charge in [-0.05, 0) is 52.3 Å². The number of rotatable bonds is 3. The fourth-order valence-corrected chi connectivity index (χ4v) is 3.92. The number of hydrogen-bond acceptors (Lipinski definition) is 3. The highest BCUT2D eigenvalue weighted by Crippen LogP contribution is 2.27. The van der Waals surface area contributed by atoms with Gasteiger partial charge in [-0.2, -0.15) is 0 Å². The number of nitrogens with one attached hydrogen (secondary N) is 1. The number of anilines is 2. The maximum atomic E-state index is 13.2. The molecule has 0 saturated heterocycles. The third-order valence-electron chi connectivity index (χ3n) is 2.36. The van der Waals surface area contributed by atoms with E-state index in [1.54, 1.807) is 0 Å². The molecule has 8 heteroatoms. The maximum Gasteiger partial charge on any atom is 0.263 e. The Morgan fingerprint density at radius 3 is 2.50 bits per heavy atom. The van der Waals surface area contributed by atoms with Gasteiger partial charge in [-0.3, -0.25) is 4.72 Å². The number of hydrogen-bond donors (Lipinski definition) is 2. The van der Waals surface area contributed by atoms with E-state index in [4.69, 9.17) is 17.3 Å². The summed E-state index contributed by atoms with van der Waals surface area (Å²) in [5.41, 5.74) is 6.01. The summed E-state index contributed by atoms with van der Waals surface area (Å²) in [6.45, 7) is 0. The fourth-order valence-electron chi connectivity index (χ4n) is 1.56. The van der Waals surface area contributed by atoms with Crippen molar-refractivity contribution in [1.29, 1.82) is 0 Å². The molecule has 0 aliphatic carbocycles. The summed E-state index contributed by atoms with van der Waals surface area (Å²) in [4.78, 5) is -0.00733. The minimum absolute atomic E-state index is 0.00733. The molecule has 0 heterocycles. The van der Waals surface area contributed by atoms with Crippen LogP contribution in [0.5, 0.6) is 0 Å². The molecule has 0 radical (unpaired) electrons. The summed E-state index contributed by atoms with van der Waals surface area (Å²) in [7, 11) is -3.87. The lowest BCUT2D eigenvalue weighted by molar-refractivity contribution is 0.600. The van der Waals surface area contributed by atoms with Crippen LogP contribution in [-0.2, 0) is 10.0 Å². The van der Waals surface area contributed by atoms with Crippen molar-refractivity contribution in [3.63, 3.8) is 0 Å². The zero-order valence-corrected chi connectivity index (χ0v) is 13.1. The SMILES string of the molecule is Nc1ccc(S(=O)(=O)Nc2cc(F)cc(Cl)c2)c(Br)c1. The Morgan fingerprint density at radius 1 is 1.20 bits per heavy atom. The van der Waals surface area contributed by atoms with E-state index in [1.807, 2.05) is 0 Å². The molecule has 0 bridgehead atoms. The first-order chi connectivity index (χ1) is 9.28. The minimum Gasteiger partial charge on any atom is -0.399 e. The predicted molar refractivity (Wildman–Crippen MR) is 80.8 cm³/mol. The normalized spacial score (nSPS) is 11.3. The molecule has 0 aliphatic heterocycles. The minimum atomic E-state index is -3.87. The van der Waals surface area contributed by atoms with E-state index in [0.717, 1.165) is 12.1 Å². The molecule has 0 amide bonds. The molecule has 0 saturated carbocycles. The van der Waals surface area contributed by atoms with Crippen LogP contribution in [0.1, 0.15) is 0 Å². The monoisotopic (exact) mass is 378 g/mol. The Hall–Kier alpha value is -1.31. The van der Waals surface area contributed by atoms with Gasteiger partial charge in [-0.1, -0.05) is 11.6 Å². The average Bonchev–Trinajstić information content (AvgIpc) is 2.25. The molecular weight excluding hydrogens is 371 g/mol. The second-order valence-corrected chi connectivity index (χ2v) is 6.90. The van der Waals surface area contributed by atoms with E-state index in [9.17, 15) is 12.8 Å². The Labute approximate surface area is 128 Å². The molecule has 3 N–H and O–H groups in total. The second-order valence-electron chi connectivity index (χ2n) is 3.95. The number of nitrogens with two attached hydrogens (primary N) is 1. The van der Waals surface area contributed by atoms with Crippen LogP contribution in [0.15, 0.2) is 45.8 Å². The lowest BCUT2D eigenvalue weighted by Gasteiger charge is -2.10. The van der Waals surface area contributed by atoms with Crippen molar-refractivity contribution in [2.45, 2.75) is 4.90 Å². The first-order valence-electron chi connectivity index (χ1n) is 5.32. The molecule has 0 aliphatic rings. The van der Waals surface area contributed by atoms with Gasteiger partial charge in [0.2, 0.25) is 0 Å². The average molecular weight is 380 g/mol. The van der Waals surface area contributed by atoms with Gasteiger partial charge in [0.05, 0.1) is 5.69 Å². The van der Waals surface area contributed by atoms with Crippen LogP contribution < -0.4 is 10.5 Å². The van der Waals surface area contributed by atoms with Gasteiger partial charge in [0.15, 0.2) is 0 Å². The molecule has 106 valence electrons. The van der Waals surface area contributed by atoms with Crippen molar-refractivity contribution in [1.82, 2.24) is 0 Å².